The molecule has 0 aliphatic heterocycles. The molecule has 2 nitrogen and oxygen atoms in total. The Balaban J connectivity index is 1.12. The molecule has 52 heavy (non-hydrogen) atoms. The maximum absolute atomic E-state index is 6.73. The van der Waals surface area contributed by atoms with Gasteiger partial charge in [-0.05, 0) is 91.8 Å². The Morgan fingerprint density at radius 3 is 1.79 bits per heavy atom. The number of furan rings is 1. The highest BCUT2D eigenvalue weighted by molar-refractivity contribution is 6.10. The van der Waals surface area contributed by atoms with Gasteiger partial charge in [-0.3, -0.25) is 0 Å². The average molecular weight is 664 g/mol. The maximum atomic E-state index is 6.73. The van der Waals surface area contributed by atoms with Crippen LogP contribution in [0.4, 0.5) is 17.1 Å². The summed E-state index contributed by atoms with van der Waals surface area (Å²) in [7, 11) is 0. The van der Waals surface area contributed by atoms with E-state index in [1.54, 1.807) is 0 Å². The van der Waals surface area contributed by atoms with Gasteiger partial charge in [0.2, 0.25) is 0 Å². The smallest absolute Gasteiger partial charge is 0.143 e. The molecular weight excluding hydrogens is 631 g/mol. The third-order valence-corrected chi connectivity index (χ3v) is 10.2. The molecule has 0 unspecified atom stereocenters. The van der Waals surface area contributed by atoms with E-state index in [2.05, 4.69) is 199 Å². The van der Waals surface area contributed by atoms with Gasteiger partial charge in [0.1, 0.15) is 11.2 Å². The Morgan fingerprint density at radius 1 is 0.308 bits per heavy atom. The number of para-hydroxylation sites is 1. The fraction of sp³-hybridized carbons (Fsp3) is 0. The third kappa shape index (κ3) is 5.21. The predicted octanol–water partition coefficient (Wildman–Crippen LogP) is 14.4. The number of anilines is 3. The van der Waals surface area contributed by atoms with Crippen molar-refractivity contribution in [3.63, 3.8) is 0 Å². The molecular formula is C50H33NO. The predicted molar refractivity (Wildman–Crippen MR) is 220 cm³/mol. The van der Waals surface area contributed by atoms with Crippen LogP contribution < -0.4 is 4.90 Å². The van der Waals surface area contributed by atoms with Gasteiger partial charge in [-0.1, -0.05) is 152 Å². The van der Waals surface area contributed by atoms with Crippen LogP contribution in [0.15, 0.2) is 205 Å². The van der Waals surface area contributed by atoms with Gasteiger partial charge in [-0.25, -0.2) is 0 Å². The van der Waals surface area contributed by atoms with Crippen LogP contribution in [0.25, 0.3) is 76.9 Å². The van der Waals surface area contributed by atoms with Crippen LogP contribution in [-0.2, 0) is 0 Å². The van der Waals surface area contributed by atoms with Crippen LogP contribution in [0.3, 0.4) is 0 Å². The summed E-state index contributed by atoms with van der Waals surface area (Å²) in [5, 5.41) is 7.19. The van der Waals surface area contributed by atoms with Crippen LogP contribution >= 0.6 is 0 Å². The van der Waals surface area contributed by atoms with Gasteiger partial charge in [0, 0.05) is 39.5 Å². The molecule has 1 heterocycles. The first-order chi connectivity index (χ1) is 25.8. The van der Waals surface area contributed by atoms with E-state index in [0.717, 1.165) is 55.7 Å². The van der Waals surface area contributed by atoms with E-state index < -0.39 is 0 Å². The first-order valence-electron chi connectivity index (χ1n) is 17.8. The summed E-state index contributed by atoms with van der Waals surface area (Å²) in [6.07, 6.45) is 0. The first-order valence-corrected chi connectivity index (χ1v) is 17.8. The fourth-order valence-corrected chi connectivity index (χ4v) is 7.68. The van der Waals surface area contributed by atoms with Crippen LogP contribution in [0.5, 0.6) is 0 Å². The lowest BCUT2D eigenvalue weighted by atomic mass is 9.98. The maximum Gasteiger partial charge on any atom is 0.143 e. The Hall–Kier alpha value is -6.90. The first kappa shape index (κ1) is 30.0. The van der Waals surface area contributed by atoms with Crippen molar-refractivity contribution in [3.8, 4) is 33.4 Å². The second-order valence-electron chi connectivity index (χ2n) is 13.4. The zero-order valence-electron chi connectivity index (χ0n) is 28.4. The molecule has 2 heteroatoms. The summed E-state index contributed by atoms with van der Waals surface area (Å²) in [5.41, 5.74) is 11.9. The van der Waals surface area contributed by atoms with Crippen molar-refractivity contribution >= 4 is 60.5 Å². The number of rotatable bonds is 6. The molecule has 1 aromatic heterocycles. The highest BCUT2D eigenvalue weighted by atomic mass is 16.3. The van der Waals surface area contributed by atoms with Gasteiger partial charge in [-0.15, -0.1) is 0 Å². The van der Waals surface area contributed by atoms with Crippen LogP contribution in [0.1, 0.15) is 0 Å². The second kappa shape index (κ2) is 12.5. The summed E-state index contributed by atoms with van der Waals surface area (Å²) in [5.74, 6) is 0. The van der Waals surface area contributed by atoms with Crippen molar-refractivity contribution in [1.29, 1.82) is 0 Å². The lowest BCUT2D eigenvalue weighted by Gasteiger charge is -2.26. The minimum atomic E-state index is 0.860. The molecule has 0 N–H and O–H groups in total. The number of benzene rings is 9. The highest BCUT2D eigenvalue weighted by Crippen LogP contribution is 2.42. The summed E-state index contributed by atoms with van der Waals surface area (Å²) < 4.78 is 6.73. The van der Waals surface area contributed by atoms with Gasteiger partial charge in [0.25, 0.3) is 0 Å². The normalized spacial score (nSPS) is 11.5. The molecule has 0 atom stereocenters. The molecule has 0 saturated carbocycles. The highest BCUT2D eigenvalue weighted by Gasteiger charge is 2.18. The summed E-state index contributed by atoms with van der Waals surface area (Å²) in [6, 6.07) is 71.6. The molecule has 0 saturated heterocycles. The largest absolute Gasteiger partial charge is 0.455 e. The van der Waals surface area contributed by atoms with Gasteiger partial charge in [0.05, 0.1) is 0 Å². The van der Waals surface area contributed by atoms with Crippen molar-refractivity contribution in [1.82, 2.24) is 0 Å². The SMILES string of the molecule is c1ccc(-c2cccc3c2oc2cc(N(c4ccc(-c5cccc6ccccc56)cc4)c4cccc(-c5ccc6ccccc6c5)c4)ccc23)cc1. The molecule has 9 aromatic carbocycles. The summed E-state index contributed by atoms with van der Waals surface area (Å²) >= 11 is 0. The standard InChI is InChI=1S/C50H33NO/c1-2-12-36(13-3-1)46-21-10-22-48-47-30-29-43(33-49(47)52-50(46)48)51(41-27-25-37(26-28-41)45-20-9-16-35-14-6-7-19-44(35)45)42-18-8-17-39(32-42)40-24-23-34-11-4-5-15-38(34)31-40/h1-33H. The van der Waals surface area contributed by atoms with E-state index in [-0.39, 0.29) is 0 Å². The van der Waals surface area contributed by atoms with Crippen molar-refractivity contribution in [2.45, 2.75) is 0 Å². The van der Waals surface area contributed by atoms with Gasteiger partial charge in [-0.2, -0.15) is 0 Å². The summed E-state index contributed by atoms with van der Waals surface area (Å²) in [6.45, 7) is 0. The van der Waals surface area contributed by atoms with E-state index in [9.17, 15) is 0 Å². The molecule has 0 amide bonds. The van der Waals surface area contributed by atoms with E-state index >= 15 is 0 Å². The minimum Gasteiger partial charge on any atom is -0.455 e. The van der Waals surface area contributed by atoms with E-state index in [0.29, 0.717) is 0 Å². The van der Waals surface area contributed by atoms with Crippen molar-refractivity contribution < 1.29 is 4.42 Å². The molecule has 0 aliphatic rings. The minimum absolute atomic E-state index is 0.860. The molecule has 244 valence electrons. The van der Waals surface area contributed by atoms with Crippen LogP contribution in [-0.4, -0.2) is 0 Å². The number of fused-ring (bicyclic) bond motifs is 5. The average Bonchev–Trinajstić information content (AvgIpc) is 3.59. The molecule has 0 radical (unpaired) electrons. The molecule has 0 fully saturated rings. The Labute approximate surface area is 302 Å². The van der Waals surface area contributed by atoms with Crippen molar-refractivity contribution in [2.24, 2.45) is 0 Å². The lowest BCUT2D eigenvalue weighted by molar-refractivity contribution is 0.670. The lowest BCUT2D eigenvalue weighted by Crippen LogP contribution is -2.10. The van der Waals surface area contributed by atoms with Crippen molar-refractivity contribution in [3.05, 3.63) is 200 Å². The van der Waals surface area contributed by atoms with Crippen LogP contribution in [0.2, 0.25) is 0 Å². The molecule has 0 aliphatic carbocycles. The molecule has 10 rings (SSSR count). The summed E-state index contributed by atoms with van der Waals surface area (Å²) in [4.78, 5) is 2.34. The Kier molecular flexibility index (Phi) is 7.18. The fourth-order valence-electron chi connectivity index (χ4n) is 7.68. The molecule has 0 spiro atoms. The van der Waals surface area contributed by atoms with Gasteiger partial charge < -0.3 is 9.32 Å². The Morgan fingerprint density at radius 2 is 0.904 bits per heavy atom. The Bertz CT molecular complexity index is 2900. The van der Waals surface area contributed by atoms with Crippen molar-refractivity contribution in [2.75, 3.05) is 4.90 Å². The van der Waals surface area contributed by atoms with E-state index in [1.807, 2.05) is 6.07 Å². The molecule has 0 bridgehead atoms. The van der Waals surface area contributed by atoms with Gasteiger partial charge in [0.15, 0.2) is 0 Å². The zero-order valence-corrected chi connectivity index (χ0v) is 28.4. The topological polar surface area (TPSA) is 16.4 Å². The second-order valence-corrected chi connectivity index (χ2v) is 13.4. The number of hydrogen-bond donors (Lipinski definition) is 0. The number of nitrogens with zero attached hydrogens (tertiary/aromatic N) is 1. The van der Waals surface area contributed by atoms with E-state index in [4.69, 9.17) is 4.42 Å². The quantitative estimate of drug-likeness (QED) is 0.176. The van der Waals surface area contributed by atoms with Crippen LogP contribution in [0, 0.1) is 0 Å². The zero-order chi connectivity index (χ0) is 34.4. The third-order valence-electron chi connectivity index (χ3n) is 10.2. The number of hydrogen-bond acceptors (Lipinski definition) is 2. The monoisotopic (exact) mass is 663 g/mol. The van der Waals surface area contributed by atoms with E-state index in [1.165, 1.54) is 38.2 Å². The van der Waals surface area contributed by atoms with Gasteiger partial charge >= 0.3 is 0 Å². The molecule has 10 aromatic rings.